The van der Waals surface area contributed by atoms with E-state index in [0.29, 0.717) is 12.3 Å². The Labute approximate surface area is 150 Å². The van der Waals surface area contributed by atoms with Gasteiger partial charge in [0.1, 0.15) is 5.75 Å². The van der Waals surface area contributed by atoms with Crippen molar-refractivity contribution in [2.75, 3.05) is 27.2 Å². The smallest absolute Gasteiger partial charge is 0.258 e. The number of hydrogen-bond acceptors (Lipinski definition) is 3. The van der Waals surface area contributed by atoms with Gasteiger partial charge in [0.15, 0.2) is 18.4 Å². The molecule has 0 fully saturated rings. The van der Waals surface area contributed by atoms with Crippen LogP contribution in [0.4, 0.5) is 0 Å². The molecule has 23 heavy (non-hydrogen) atoms. The summed E-state index contributed by atoms with van der Waals surface area (Å²) in [7, 11) is 4.05. The summed E-state index contributed by atoms with van der Waals surface area (Å²) in [5.74, 6) is 1.37. The lowest BCUT2D eigenvalue weighted by Crippen LogP contribution is -3.07. The Hall–Kier alpha value is -1.50. The van der Waals surface area contributed by atoms with Gasteiger partial charge in [0.25, 0.3) is 5.91 Å². The topological polar surface area (TPSA) is 55.9 Å². The molecule has 1 heterocycles. The number of carbonyl (C=O) groups excluding carboxylic acids is 1. The first kappa shape index (κ1) is 19.5. The van der Waals surface area contributed by atoms with Crippen molar-refractivity contribution in [3.8, 4) is 5.75 Å². The van der Waals surface area contributed by atoms with Gasteiger partial charge in [-0.05, 0) is 36.4 Å². The van der Waals surface area contributed by atoms with Crippen LogP contribution in [0.5, 0.6) is 5.75 Å². The Kier molecular flexibility index (Phi) is 8.16. The van der Waals surface area contributed by atoms with E-state index in [9.17, 15) is 4.79 Å². The normalized spacial score (nSPS) is 11.7. The minimum Gasteiger partial charge on any atom is -1.00 e. The third-order valence-electron chi connectivity index (χ3n) is 3.27. The maximum absolute atomic E-state index is 11.9. The maximum Gasteiger partial charge on any atom is 0.258 e. The zero-order chi connectivity index (χ0) is 15.9. The fourth-order valence-electron chi connectivity index (χ4n) is 2.03. The number of halogens is 2. The minimum atomic E-state index is -0.152. The number of benzene rings is 1. The van der Waals surface area contributed by atoms with E-state index in [-0.39, 0.29) is 31.0 Å². The number of quaternary nitrogens is 1. The number of amides is 1. The van der Waals surface area contributed by atoms with Gasteiger partial charge < -0.3 is 31.8 Å². The van der Waals surface area contributed by atoms with Crippen molar-refractivity contribution in [1.82, 2.24) is 5.32 Å². The Bertz CT molecular complexity index is 588. The molecule has 1 atom stereocenters. The van der Waals surface area contributed by atoms with E-state index < -0.39 is 0 Å². The second-order valence-corrected chi connectivity index (χ2v) is 6.11. The molecule has 5 nitrogen and oxygen atoms in total. The average molecular weight is 404 g/mol. The van der Waals surface area contributed by atoms with Gasteiger partial charge in [0.05, 0.1) is 26.9 Å². The highest BCUT2D eigenvalue weighted by molar-refractivity contribution is 9.10. The molecule has 1 unspecified atom stereocenters. The first-order chi connectivity index (χ1) is 10.6. The Morgan fingerprint density at radius 3 is 2.57 bits per heavy atom. The lowest BCUT2D eigenvalue weighted by Gasteiger charge is -2.19. The quantitative estimate of drug-likeness (QED) is 0.587. The van der Waals surface area contributed by atoms with Crippen LogP contribution in [0.2, 0.25) is 0 Å². The zero-order valence-corrected chi connectivity index (χ0v) is 15.4. The van der Waals surface area contributed by atoms with Gasteiger partial charge in [-0.2, -0.15) is 0 Å². The van der Waals surface area contributed by atoms with Crippen molar-refractivity contribution in [2.24, 2.45) is 0 Å². The lowest BCUT2D eigenvalue weighted by molar-refractivity contribution is -0.891. The molecule has 126 valence electrons. The summed E-state index contributed by atoms with van der Waals surface area (Å²) in [5.41, 5.74) is 0. The van der Waals surface area contributed by atoms with Crippen molar-refractivity contribution < 1.29 is 31.3 Å². The van der Waals surface area contributed by atoms with E-state index >= 15 is 0 Å². The molecule has 1 aromatic carbocycles. The van der Waals surface area contributed by atoms with Gasteiger partial charge in [-0.15, -0.1) is 0 Å². The van der Waals surface area contributed by atoms with E-state index in [0.717, 1.165) is 10.2 Å². The average Bonchev–Trinajstić information content (AvgIpc) is 3.00. The molecule has 0 saturated heterocycles. The Morgan fingerprint density at radius 2 is 2.00 bits per heavy atom. The van der Waals surface area contributed by atoms with Crippen LogP contribution in [0.15, 0.2) is 51.6 Å². The minimum absolute atomic E-state index is 0. The number of likely N-dealkylation sites (N-methyl/N-ethyl adjacent to an activating group) is 1. The molecule has 0 spiro atoms. The monoisotopic (exact) mass is 402 g/mol. The first-order valence-electron chi connectivity index (χ1n) is 7.05. The second kappa shape index (κ2) is 9.60. The van der Waals surface area contributed by atoms with E-state index in [4.69, 9.17) is 9.15 Å². The summed E-state index contributed by atoms with van der Waals surface area (Å²) < 4.78 is 11.8. The molecule has 0 bridgehead atoms. The van der Waals surface area contributed by atoms with Crippen LogP contribution in [0.3, 0.4) is 0 Å². The summed E-state index contributed by atoms with van der Waals surface area (Å²) >= 11 is 3.35. The molecule has 2 aromatic rings. The van der Waals surface area contributed by atoms with Gasteiger partial charge in [0.2, 0.25) is 0 Å². The standard InChI is InChI=1S/C16H19BrN2O3.ClH/c1-19(2)14(15-4-3-9-21-15)10-18-16(20)11-22-13-7-5-12(17)6-8-13;/h3-9,14H,10-11H2,1-2H3,(H,18,20);1H. The molecule has 0 saturated carbocycles. The predicted octanol–water partition coefficient (Wildman–Crippen LogP) is -1.57. The number of rotatable bonds is 7. The summed E-state index contributed by atoms with van der Waals surface area (Å²) in [6.45, 7) is 0.494. The summed E-state index contributed by atoms with van der Waals surface area (Å²) in [4.78, 5) is 13.1. The van der Waals surface area contributed by atoms with Gasteiger partial charge >= 0.3 is 0 Å². The predicted molar refractivity (Wildman–Crippen MR) is 86.9 cm³/mol. The van der Waals surface area contributed by atoms with Gasteiger partial charge in [-0.1, -0.05) is 15.9 Å². The molecule has 0 aliphatic heterocycles. The molecule has 0 aliphatic rings. The molecular weight excluding hydrogens is 384 g/mol. The van der Waals surface area contributed by atoms with Crippen LogP contribution in [-0.4, -0.2) is 33.2 Å². The number of furan rings is 1. The fraction of sp³-hybridized carbons (Fsp3) is 0.312. The lowest BCUT2D eigenvalue weighted by atomic mass is 10.2. The van der Waals surface area contributed by atoms with Crippen molar-refractivity contribution in [2.45, 2.75) is 6.04 Å². The van der Waals surface area contributed by atoms with Gasteiger partial charge in [-0.25, -0.2) is 0 Å². The number of nitrogens with one attached hydrogen (secondary N) is 2. The molecule has 7 heteroatoms. The third-order valence-corrected chi connectivity index (χ3v) is 3.80. The Morgan fingerprint density at radius 1 is 1.30 bits per heavy atom. The van der Waals surface area contributed by atoms with Crippen molar-refractivity contribution >= 4 is 21.8 Å². The van der Waals surface area contributed by atoms with Gasteiger partial charge in [0, 0.05) is 4.47 Å². The molecule has 1 aromatic heterocycles. The van der Waals surface area contributed by atoms with Crippen LogP contribution in [0.1, 0.15) is 11.8 Å². The Balaban J connectivity index is 0.00000264. The molecule has 2 rings (SSSR count). The van der Waals surface area contributed by atoms with Crippen LogP contribution >= 0.6 is 15.9 Å². The first-order valence-corrected chi connectivity index (χ1v) is 7.84. The molecule has 0 radical (unpaired) electrons. The highest BCUT2D eigenvalue weighted by atomic mass is 79.9. The summed E-state index contributed by atoms with van der Waals surface area (Å²) in [6.07, 6.45) is 1.64. The summed E-state index contributed by atoms with van der Waals surface area (Å²) in [5, 5.41) is 2.88. The molecule has 1 amide bonds. The maximum atomic E-state index is 11.9. The van der Waals surface area contributed by atoms with Crippen LogP contribution in [0, 0.1) is 0 Å². The van der Waals surface area contributed by atoms with E-state index in [1.807, 2.05) is 50.5 Å². The van der Waals surface area contributed by atoms with Crippen LogP contribution in [-0.2, 0) is 4.79 Å². The number of hydrogen-bond donors (Lipinski definition) is 2. The molecule has 0 aliphatic carbocycles. The van der Waals surface area contributed by atoms with Crippen molar-refractivity contribution in [3.63, 3.8) is 0 Å². The van der Waals surface area contributed by atoms with Crippen LogP contribution < -0.4 is 27.4 Å². The highest BCUT2D eigenvalue weighted by Crippen LogP contribution is 2.15. The summed E-state index contributed by atoms with van der Waals surface area (Å²) in [6, 6.07) is 11.2. The SMILES string of the molecule is C[NH+](C)C(CNC(=O)COc1ccc(Br)cc1)c1ccco1.[Cl-]. The molecular formula is C16H20BrClN2O3. The molecule has 2 N–H and O–H groups in total. The van der Waals surface area contributed by atoms with Crippen LogP contribution in [0.25, 0.3) is 0 Å². The largest absolute Gasteiger partial charge is 1.00 e. The second-order valence-electron chi connectivity index (χ2n) is 5.19. The number of carbonyl (C=O) groups is 1. The van der Waals surface area contributed by atoms with Gasteiger partial charge in [-0.3, -0.25) is 4.79 Å². The number of ether oxygens (including phenoxy) is 1. The van der Waals surface area contributed by atoms with E-state index in [2.05, 4.69) is 21.2 Å². The van der Waals surface area contributed by atoms with E-state index in [1.165, 1.54) is 4.90 Å². The highest BCUT2D eigenvalue weighted by Gasteiger charge is 2.21. The van der Waals surface area contributed by atoms with Crippen molar-refractivity contribution in [1.29, 1.82) is 0 Å². The van der Waals surface area contributed by atoms with Crippen molar-refractivity contribution in [3.05, 3.63) is 52.9 Å². The zero-order valence-electron chi connectivity index (χ0n) is 13.0. The fourth-order valence-corrected chi connectivity index (χ4v) is 2.29. The third kappa shape index (κ3) is 6.25. The van der Waals surface area contributed by atoms with E-state index in [1.54, 1.807) is 6.26 Å².